The van der Waals surface area contributed by atoms with E-state index in [9.17, 15) is 9.59 Å². The molecule has 0 saturated carbocycles. The molecule has 0 radical (unpaired) electrons. The highest BCUT2D eigenvalue weighted by Gasteiger charge is 2.12. The number of hydrogen-bond acceptors (Lipinski definition) is 4. The second kappa shape index (κ2) is 6.19. The van der Waals surface area contributed by atoms with Crippen molar-refractivity contribution >= 4 is 39.1 Å². The first kappa shape index (κ1) is 14.7. The molecule has 0 atom stereocenters. The van der Waals surface area contributed by atoms with Crippen LogP contribution in [-0.4, -0.2) is 33.1 Å². The van der Waals surface area contributed by atoms with Crippen LogP contribution in [0.3, 0.4) is 0 Å². The predicted octanol–water partition coefficient (Wildman–Crippen LogP) is 1.91. The number of carboxylic acids is 1. The number of amides is 1. The molecular weight excluding hydrogens is 346 g/mol. The maximum Gasteiger partial charge on any atom is 0.355 e. The number of thiazole rings is 1. The van der Waals surface area contributed by atoms with Crippen molar-refractivity contribution in [3.63, 3.8) is 0 Å². The third-order valence-electron chi connectivity index (χ3n) is 2.60. The van der Waals surface area contributed by atoms with Gasteiger partial charge < -0.3 is 15.0 Å². The van der Waals surface area contributed by atoms with Crippen molar-refractivity contribution in [3.8, 4) is 0 Å². The van der Waals surface area contributed by atoms with Crippen LogP contribution in [0.4, 0.5) is 0 Å². The summed E-state index contributed by atoms with van der Waals surface area (Å²) in [5.74, 6) is -1.21. The number of aryl methyl sites for hydroxylation is 1. The van der Waals surface area contributed by atoms with Crippen LogP contribution in [0.15, 0.2) is 22.1 Å². The van der Waals surface area contributed by atoms with Gasteiger partial charge in [0.15, 0.2) is 5.69 Å². The van der Waals surface area contributed by atoms with Gasteiger partial charge in [0.2, 0.25) is 0 Å². The molecule has 1 amide bonds. The van der Waals surface area contributed by atoms with Crippen molar-refractivity contribution in [3.05, 3.63) is 38.5 Å². The van der Waals surface area contributed by atoms with Crippen LogP contribution in [0, 0.1) is 0 Å². The number of carboxylic acid groups (broad SMARTS) is 1. The van der Waals surface area contributed by atoms with Gasteiger partial charge in [0.1, 0.15) is 5.69 Å². The fraction of sp³-hybridized carbons (Fsp3) is 0.250. The fourth-order valence-electron chi connectivity index (χ4n) is 1.65. The molecule has 0 aliphatic rings. The molecule has 2 heterocycles. The van der Waals surface area contributed by atoms with E-state index in [1.165, 1.54) is 16.7 Å². The van der Waals surface area contributed by atoms with Gasteiger partial charge in [-0.25, -0.2) is 9.78 Å². The molecule has 0 fully saturated rings. The van der Waals surface area contributed by atoms with Gasteiger partial charge in [0, 0.05) is 36.1 Å². The van der Waals surface area contributed by atoms with Gasteiger partial charge in [0.25, 0.3) is 5.91 Å². The van der Waals surface area contributed by atoms with Crippen LogP contribution in [0.5, 0.6) is 0 Å². The third-order valence-corrected chi connectivity index (χ3v) is 3.94. The van der Waals surface area contributed by atoms with Gasteiger partial charge >= 0.3 is 5.97 Å². The van der Waals surface area contributed by atoms with E-state index in [4.69, 9.17) is 5.11 Å². The summed E-state index contributed by atoms with van der Waals surface area (Å²) in [6.45, 7) is 0.411. The number of carbonyl (C=O) groups is 2. The molecule has 0 aliphatic carbocycles. The summed E-state index contributed by atoms with van der Waals surface area (Å²) in [4.78, 5) is 26.6. The summed E-state index contributed by atoms with van der Waals surface area (Å²) < 4.78 is 2.57. The minimum absolute atomic E-state index is 0.0442. The molecule has 2 aromatic rings. The molecule has 0 saturated heterocycles. The third kappa shape index (κ3) is 3.45. The Hall–Kier alpha value is -1.67. The molecule has 0 aromatic carbocycles. The molecule has 106 valence electrons. The molecule has 0 unspecified atom stereocenters. The quantitative estimate of drug-likeness (QED) is 0.855. The highest BCUT2D eigenvalue weighted by atomic mass is 79.9. The highest BCUT2D eigenvalue weighted by molar-refractivity contribution is 9.10. The van der Waals surface area contributed by atoms with Crippen molar-refractivity contribution < 1.29 is 14.7 Å². The molecular formula is C12H12BrN3O3S. The number of nitrogens with zero attached hydrogens (tertiary/aromatic N) is 2. The summed E-state index contributed by atoms with van der Waals surface area (Å²) >= 11 is 4.58. The Morgan fingerprint density at radius 1 is 1.55 bits per heavy atom. The van der Waals surface area contributed by atoms with Gasteiger partial charge in [-0.1, -0.05) is 0 Å². The van der Waals surface area contributed by atoms with Crippen LogP contribution >= 0.6 is 27.3 Å². The van der Waals surface area contributed by atoms with Crippen LogP contribution in [0.1, 0.15) is 26.0 Å². The second-order valence-corrected chi connectivity index (χ2v) is 5.95. The zero-order chi connectivity index (χ0) is 14.7. The first-order chi connectivity index (χ1) is 9.47. The Morgan fingerprint density at radius 3 is 2.85 bits per heavy atom. The van der Waals surface area contributed by atoms with Crippen LogP contribution in [0.25, 0.3) is 0 Å². The van der Waals surface area contributed by atoms with E-state index in [0.717, 1.165) is 4.47 Å². The normalized spacial score (nSPS) is 10.5. The molecule has 6 nitrogen and oxygen atoms in total. The number of nitrogens with one attached hydrogen (secondary N) is 1. The first-order valence-corrected chi connectivity index (χ1v) is 7.42. The van der Waals surface area contributed by atoms with Crippen LogP contribution in [0.2, 0.25) is 0 Å². The lowest BCUT2D eigenvalue weighted by Crippen LogP contribution is -2.27. The minimum atomic E-state index is -1.04. The van der Waals surface area contributed by atoms with E-state index in [2.05, 4.69) is 26.2 Å². The summed E-state index contributed by atoms with van der Waals surface area (Å²) in [5.41, 5.74) is 0.602. The number of aromatic nitrogens is 2. The average molecular weight is 358 g/mol. The van der Waals surface area contributed by atoms with Gasteiger partial charge in [-0.15, -0.1) is 11.3 Å². The van der Waals surface area contributed by atoms with Crippen LogP contribution < -0.4 is 5.32 Å². The zero-order valence-corrected chi connectivity index (χ0v) is 13.0. The first-order valence-electron chi connectivity index (χ1n) is 5.75. The monoisotopic (exact) mass is 357 g/mol. The summed E-state index contributed by atoms with van der Waals surface area (Å²) in [6, 6.07) is 1.74. The Morgan fingerprint density at radius 2 is 2.30 bits per heavy atom. The minimum Gasteiger partial charge on any atom is -0.476 e. The number of carbonyl (C=O) groups excluding carboxylic acids is 1. The zero-order valence-electron chi connectivity index (χ0n) is 10.6. The van der Waals surface area contributed by atoms with Crippen LogP contribution in [-0.2, 0) is 13.5 Å². The Balaban J connectivity index is 1.87. The molecule has 0 bridgehead atoms. The van der Waals surface area contributed by atoms with Gasteiger partial charge in [0.05, 0.1) is 5.01 Å². The van der Waals surface area contributed by atoms with E-state index in [1.807, 2.05) is 0 Å². The maximum atomic E-state index is 11.9. The smallest absolute Gasteiger partial charge is 0.355 e. The largest absolute Gasteiger partial charge is 0.476 e. The predicted molar refractivity (Wildman–Crippen MR) is 78.2 cm³/mol. The lowest BCUT2D eigenvalue weighted by atomic mass is 10.3. The number of halogens is 1. The average Bonchev–Trinajstić information content (AvgIpc) is 2.96. The molecule has 2 aromatic heterocycles. The van der Waals surface area contributed by atoms with Gasteiger partial charge in [-0.2, -0.15) is 0 Å². The van der Waals surface area contributed by atoms with Crippen molar-refractivity contribution in [1.82, 2.24) is 14.9 Å². The molecule has 20 heavy (non-hydrogen) atoms. The SMILES string of the molecule is Cn1cc(Br)cc1C(=O)NCCc1nc(C(=O)O)cs1. The lowest BCUT2D eigenvalue weighted by Gasteiger charge is -2.04. The molecule has 0 spiro atoms. The Bertz CT molecular complexity index is 650. The molecule has 2 rings (SSSR count). The lowest BCUT2D eigenvalue weighted by molar-refractivity contribution is 0.0690. The van der Waals surface area contributed by atoms with E-state index in [-0.39, 0.29) is 11.6 Å². The molecule has 8 heteroatoms. The van der Waals surface area contributed by atoms with E-state index in [0.29, 0.717) is 23.7 Å². The number of rotatable bonds is 5. The topological polar surface area (TPSA) is 84.2 Å². The van der Waals surface area contributed by atoms with E-state index in [1.54, 1.807) is 23.9 Å². The van der Waals surface area contributed by atoms with Gasteiger partial charge in [-0.05, 0) is 22.0 Å². The van der Waals surface area contributed by atoms with Crippen molar-refractivity contribution in [2.75, 3.05) is 6.54 Å². The molecule has 2 N–H and O–H groups in total. The maximum absolute atomic E-state index is 11.9. The summed E-state index contributed by atoms with van der Waals surface area (Å²) in [7, 11) is 1.79. The Kier molecular flexibility index (Phi) is 4.56. The molecule has 0 aliphatic heterocycles. The fourth-order valence-corrected chi connectivity index (χ4v) is 2.94. The number of hydrogen-bond donors (Lipinski definition) is 2. The van der Waals surface area contributed by atoms with Crippen molar-refractivity contribution in [2.45, 2.75) is 6.42 Å². The number of aromatic carboxylic acids is 1. The van der Waals surface area contributed by atoms with E-state index >= 15 is 0 Å². The second-order valence-electron chi connectivity index (χ2n) is 4.09. The highest BCUT2D eigenvalue weighted by Crippen LogP contribution is 2.13. The Labute approximate surface area is 127 Å². The van der Waals surface area contributed by atoms with Gasteiger partial charge in [-0.3, -0.25) is 4.79 Å². The summed E-state index contributed by atoms with van der Waals surface area (Å²) in [6.07, 6.45) is 2.31. The standard InChI is InChI=1S/C12H12BrN3O3S/c1-16-5-7(13)4-9(16)11(17)14-3-2-10-15-8(6-20-10)12(18)19/h4-6H,2-3H2,1H3,(H,14,17)(H,18,19). The van der Waals surface area contributed by atoms with E-state index < -0.39 is 5.97 Å². The summed E-state index contributed by atoms with van der Waals surface area (Å²) in [5, 5.41) is 13.7. The van der Waals surface area contributed by atoms with Crippen molar-refractivity contribution in [2.24, 2.45) is 7.05 Å². The van der Waals surface area contributed by atoms with Crippen molar-refractivity contribution in [1.29, 1.82) is 0 Å².